The number of anilines is 1. The van der Waals surface area contributed by atoms with Crippen LogP contribution in [0.3, 0.4) is 0 Å². The Labute approximate surface area is 120 Å². The van der Waals surface area contributed by atoms with E-state index in [1.54, 1.807) is 23.0 Å². The number of hydrogen-bond donors (Lipinski definition) is 1. The lowest BCUT2D eigenvalue weighted by Gasteiger charge is -2.10. The Bertz CT molecular complexity index is 629. The molecule has 0 unspecified atom stereocenters. The molecule has 0 radical (unpaired) electrons. The topological polar surface area (TPSA) is 48.0 Å². The van der Waals surface area contributed by atoms with Gasteiger partial charge in [-0.2, -0.15) is 0 Å². The van der Waals surface area contributed by atoms with Gasteiger partial charge in [-0.3, -0.25) is 4.79 Å². The molecule has 3 nitrogen and oxygen atoms in total. The summed E-state index contributed by atoms with van der Waals surface area (Å²) in [5, 5.41) is 0. The van der Waals surface area contributed by atoms with Gasteiger partial charge in [0.1, 0.15) is 5.82 Å². The number of aromatic nitrogens is 1. The highest BCUT2D eigenvalue weighted by molar-refractivity contribution is 9.10. The van der Waals surface area contributed by atoms with Crippen molar-refractivity contribution in [3.05, 3.63) is 61.1 Å². The van der Waals surface area contributed by atoms with E-state index in [-0.39, 0.29) is 16.9 Å². The average molecular weight is 376 g/mol. The number of pyridine rings is 1. The minimum Gasteiger partial charge on any atom is -0.394 e. The fraction of sp³-hybridized carbons (Fsp3) is 0.0833. The maximum absolute atomic E-state index is 13.0. The molecule has 0 spiro atoms. The van der Waals surface area contributed by atoms with Crippen LogP contribution in [-0.2, 0) is 6.54 Å². The van der Waals surface area contributed by atoms with Crippen LogP contribution in [0.4, 0.5) is 10.1 Å². The molecule has 2 aromatic rings. The van der Waals surface area contributed by atoms with E-state index in [0.717, 1.165) is 5.56 Å². The Kier molecular flexibility index (Phi) is 3.87. The summed E-state index contributed by atoms with van der Waals surface area (Å²) >= 11 is 6.45. The molecule has 0 aliphatic carbocycles. The van der Waals surface area contributed by atoms with E-state index < -0.39 is 0 Å². The predicted octanol–water partition coefficient (Wildman–Crippen LogP) is 3.14. The minimum atomic E-state index is -0.300. The first-order chi connectivity index (χ1) is 8.47. The number of rotatable bonds is 2. The van der Waals surface area contributed by atoms with Gasteiger partial charge >= 0.3 is 0 Å². The van der Waals surface area contributed by atoms with E-state index >= 15 is 0 Å². The lowest BCUT2D eigenvalue weighted by molar-refractivity contribution is 0.625. The van der Waals surface area contributed by atoms with E-state index in [1.165, 1.54) is 12.1 Å². The Morgan fingerprint density at radius 2 is 1.94 bits per heavy atom. The summed E-state index contributed by atoms with van der Waals surface area (Å²) in [4.78, 5) is 11.4. The van der Waals surface area contributed by atoms with Gasteiger partial charge in [0.2, 0.25) is 5.43 Å². The normalized spacial score (nSPS) is 10.6. The second-order valence-electron chi connectivity index (χ2n) is 3.80. The third kappa shape index (κ3) is 2.81. The third-order valence-electron chi connectivity index (χ3n) is 2.43. The number of nitrogen functional groups attached to an aromatic ring is 1. The van der Waals surface area contributed by atoms with Gasteiger partial charge in [-0.15, -0.1) is 0 Å². The number of benzene rings is 1. The minimum absolute atomic E-state index is 0.169. The SMILES string of the molecule is Nc1cn(Cc2ccc(F)cc2Br)cc(Br)c1=O. The monoisotopic (exact) mass is 374 g/mol. The second kappa shape index (κ2) is 5.24. The second-order valence-corrected chi connectivity index (χ2v) is 5.51. The van der Waals surface area contributed by atoms with E-state index in [2.05, 4.69) is 31.9 Å². The molecule has 0 aliphatic heterocycles. The van der Waals surface area contributed by atoms with Crippen LogP contribution in [0.1, 0.15) is 5.56 Å². The highest BCUT2D eigenvalue weighted by atomic mass is 79.9. The molecule has 0 amide bonds. The molecule has 2 N–H and O–H groups in total. The molecule has 6 heteroatoms. The Balaban J connectivity index is 2.37. The van der Waals surface area contributed by atoms with Crippen molar-refractivity contribution >= 4 is 37.5 Å². The first-order valence-electron chi connectivity index (χ1n) is 5.06. The summed E-state index contributed by atoms with van der Waals surface area (Å²) in [6.07, 6.45) is 3.21. The van der Waals surface area contributed by atoms with Gasteiger partial charge in [0, 0.05) is 23.4 Å². The standard InChI is InChI=1S/C12H9Br2FN2O/c13-9-3-8(15)2-1-7(9)4-17-5-10(14)12(18)11(16)6-17/h1-3,5-6H,4,16H2. The van der Waals surface area contributed by atoms with Gasteiger partial charge in [0.05, 0.1) is 10.2 Å². The van der Waals surface area contributed by atoms with Gasteiger partial charge in [0.15, 0.2) is 0 Å². The molecule has 0 fully saturated rings. The molecule has 0 bridgehead atoms. The zero-order chi connectivity index (χ0) is 13.3. The van der Waals surface area contributed by atoms with E-state index in [9.17, 15) is 9.18 Å². The first-order valence-corrected chi connectivity index (χ1v) is 6.65. The summed E-state index contributed by atoms with van der Waals surface area (Å²) in [7, 11) is 0. The van der Waals surface area contributed by atoms with Gasteiger partial charge in [0.25, 0.3) is 0 Å². The van der Waals surface area contributed by atoms with Crippen molar-refractivity contribution in [3.8, 4) is 0 Å². The van der Waals surface area contributed by atoms with Gasteiger partial charge in [-0.1, -0.05) is 22.0 Å². The zero-order valence-corrected chi connectivity index (χ0v) is 12.3. The molecular weight excluding hydrogens is 367 g/mol. The smallest absolute Gasteiger partial charge is 0.218 e. The number of halogens is 3. The Morgan fingerprint density at radius 1 is 1.22 bits per heavy atom. The van der Waals surface area contributed by atoms with Gasteiger partial charge in [-0.05, 0) is 33.6 Å². The molecule has 0 aliphatic rings. The van der Waals surface area contributed by atoms with E-state index in [0.29, 0.717) is 15.5 Å². The average Bonchev–Trinajstić information content (AvgIpc) is 2.29. The molecular formula is C12H9Br2FN2O. The fourth-order valence-corrected chi connectivity index (χ4v) is 2.52. The van der Waals surface area contributed by atoms with E-state index in [1.807, 2.05) is 0 Å². The van der Waals surface area contributed by atoms with Crippen molar-refractivity contribution in [2.45, 2.75) is 6.54 Å². The van der Waals surface area contributed by atoms with E-state index in [4.69, 9.17) is 5.73 Å². The maximum atomic E-state index is 13.0. The fourth-order valence-electron chi connectivity index (χ4n) is 1.55. The summed E-state index contributed by atoms with van der Waals surface area (Å²) in [6, 6.07) is 4.47. The highest BCUT2D eigenvalue weighted by Crippen LogP contribution is 2.19. The molecule has 2 rings (SSSR count). The van der Waals surface area contributed by atoms with Crippen LogP contribution in [0.5, 0.6) is 0 Å². The van der Waals surface area contributed by atoms with Crippen LogP contribution >= 0.6 is 31.9 Å². The largest absolute Gasteiger partial charge is 0.394 e. The highest BCUT2D eigenvalue weighted by Gasteiger charge is 2.05. The Hall–Kier alpha value is -1.14. The van der Waals surface area contributed by atoms with Crippen molar-refractivity contribution in [2.75, 3.05) is 5.73 Å². The van der Waals surface area contributed by atoms with Crippen LogP contribution in [0.15, 0.2) is 44.3 Å². The first kappa shape index (κ1) is 13.3. The molecule has 1 aromatic heterocycles. The predicted molar refractivity (Wildman–Crippen MR) is 76.0 cm³/mol. The molecule has 0 saturated carbocycles. The number of nitrogens with zero attached hydrogens (tertiary/aromatic N) is 1. The Morgan fingerprint density at radius 3 is 2.56 bits per heavy atom. The van der Waals surface area contributed by atoms with Crippen LogP contribution < -0.4 is 11.2 Å². The molecule has 1 heterocycles. The lowest BCUT2D eigenvalue weighted by atomic mass is 10.2. The van der Waals surface area contributed by atoms with Crippen molar-refractivity contribution in [1.82, 2.24) is 4.57 Å². The van der Waals surface area contributed by atoms with Gasteiger partial charge in [-0.25, -0.2) is 4.39 Å². The van der Waals surface area contributed by atoms with Crippen molar-refractivity contribution in [3.63, 3.8) is 0 Å². The third-order valence-corrected chi connectivity index (χ3v) is 3.73. The van der Waals surface area contributed by atoms with Crippen molar-refractivity contribution in [2.24, 2.45) is 0 Å². The summed E-state index contributed by atoms with van der Waals surface area (Å²) in [5.41, 5.74) is 6.43. The van der Waals surface area contributed by atoms with Crippen LogP contribution in [-0.4, -0.2) is 4.57 Å². The number of nitrogens with two attached hydrogens (primary N) is 1. The number of hydrogen-bond acceptors (Lipinski definition) is 2. The van der Waals surface area contributed by atoms with Crippen molar-refractivity contribution < 1.29 is 4.39 Å². The summed E-state index contributed by atoms with van der Waals surface area (Å²) in [6.45, 7) is 0.490. The molecule has 0 atom stereocenters. The molecule has 18 heavy (non-hydrogen) atoms. The van der Waals surface area contributed by atoms with Crippen molar-refractivity contribution in [1.29, 1.82) is 0 Å². The zero-order valence-electron chi connectivity index (χ0n) is 9.16. The van der Waals surface area contributed by atoms with Gasteiger partial charge < -0.3 is 10.3 Å². The molecule has 1 aromatic carbocycles. The van der Waals surface area contributed by atoms with Crippen LogP contribution in [0.2, 0.25) is 0 Å². The molecule has 94 valence electrons. The quantitative estimate of drug-likeness (QED) is 0.876. The summed E-state index contributed by atoms with van der Waals surface area (Å²) in [5.74, 6) is -0.300. The van der Waals surface area contributed by atoms with Crippen LogP contribution in [0.25, 0.3) is 0 Å². The maximum Gasteiger partial charge on any atom is 0.218 e. The molecule has 0 saturated heterocycles. The lowest BCUT2D eigenvalue weighted by Crippen LogP contribution is -2.13. The summed E-state index contributed by atoms with van der Waals surface area (Å²) < 4.78 is 15.8. The van der Waals surface area contributed by atoms with Crippen LogP contribution in [0, 0.1) is 5.82 Å².